The van der Waals surface area contributed by atoms with Crippen LogP contribution in [0, 0.1) is 6.92 Å². The van der Waals surface area contributed by atoms with E-state index in [0.29, 0.717) is 5.69 Å². The first kappa shape index (κ1) is 11.6. The van der Waals surface area contributed by atoms with Crippen LogP contribution in [0.5, 0.6) is 0 Å². The number of hydrogen-bond donors (Lipinski definition) is 0. The number of aromatic nitrogens is 2. The van der Waals surface area contributed by atoms with Crippen LogP contribution in [0.4, 0.5) is 0 Å². The van der Waals surface area contributed by atoms with E-state index in [9.17, 15) is 4.79 Å². The van der Waals surface area contributed by atoms with Crippen molar-refractivity contribution in [3.05, 3.63) is 53.6 Å². The third-order valence-electron chi connectivity index (χ3n) is 3.05. The van der Waals surface area contributed by atoms with Crippen molar-refractivity contribution in [2.24, 2.45) is 7.05 Å². The van der Waals surface area contributed by atoms with Crippen molar-refractivity contribution >= 4 is 5.78 Å². The summed E-state index contributed by atoms with van der Waals surface area (Å²) in [6.07, 6.45) is 1.79. The molecule has 0 spiro atoms. The van der Waals surface area contributed by atoms with E-state index in [4.69, 9.17) is 0 Å². The molecule has 0 bridgehead atoms. The van der Waals surface area contributed by atoms with Crippen LogP contribution in [-0.2, 0) is 7.05 Å². The van der Waals surface area contributed by atoms with Crippen molar-refractivity contribution in [2.45, 2.75) is 19.8 Å². The summed E-state index contributed by atoms with van der Waals surface area (Å²) in [7, 11) is 1.90. The zero-order valence-corrected chi connectivity index (χ0v) is 10.3. The van der Waals surface area contributed by atoms with E-state index in [1.807, 2.05) is 55.8 Å². The SMILES string of the molecule is Cc1nc(C(=O)C(C)c2ccccc2)cn1C. The largest absolute Gasteiger partial charge is 0.337 e. The van der Waals surface area contributed by atoms with Gasteiger partial charge in [-0.2, -0.15) is 0 Å². The van der Waals surface area contributed by atoms with Crippen molar-refractivity contribution in [3.8, 4) is 0 Å². The van der Waals surface area contributed by atoms with E-state index >= 15 is 0 Å². The lowest BCUT2D eigenvalue weighted by Gasteiger charge is -2.08. The molecular formula is C14H16N2O. The average Bonchev–Trinajstić information content (AvgIpc) is 2.69. The third-order valence-corrected chi connectivity index (χ3v) is 3.05. The van der Waals surface area contributed by atoms with E-state index in [1.165, 1.54) is 0 Å². The van der Waals surface area contributed by atoms with E-state index in [1.54, 1.807) is 6.20 Å². The maximum Gasteiger partial charge on any atom is 0.189 e. The maximum atomic E-state index is 12.2. The molecule has 1 atom stereocenters. The zero-order chi connectivity index (χ0) is 12.4. The molecule has 2 rings (SSSR count). The van der Waals surface area contributed by atoms with Crippen molar-refractivity contribution < 1.29 is 4.79 Å². The molecule has 0 radical (unpaired) electrons. The van der Waals surface area contributed by atoms with Gasteiger partial charge in [-0.3, -0.25) is 4.79 Å². The number of Topliss-reactive ketones (excluding diaryl/α,β-unsaturated/α-hetero) is 1. The zero-order valence-electron chi connectivity index (χ0n) is 10.3. The summed E-state index contributed by atoms with van der Waals surface area (Å²) in [6.45, 7) is 3.81. The minimum atomic E-state index is -0.148. The van der Waals surface area contributed by atoms with Gasteiger partial charge in [0.25, 0.3) is 0 Å². The number of nitrogens with zero attached hydrogens (tertiary/aromatic N) is 2. The minimum absolute atomic E-state index is 0.0694. The van der Waals surface area contributed by atoms with Gasteiger partial charge in [0.2, 0.25) is 0 Å². The molecule has 0 N–H and O–H groups in total. The van der Waals surface area contributed by atoms with Crippen LogP contribution in [0.2, 0.25) is 0 Å². The van der Waals surface area contributed by atoms with Crippen molar-refractivity contribution in [1.82, 2.24) is 9.55 Å². The maximum absolute atomic E-state index is 12.2. The predicted octanol–water partition coefficient (Wildman–Crippen LogP) is 2.71. The number of ketones is 1. The summed E-state index contributed by atoms with van der Waals surface area (Å²) >= 11 is 0. The molecule has 1 heterocycles. The molecule has 3 nitrogen and oxygen atoms in total. The highest BCUT2D eigenvalue weighted by Gasteiger charge is 2.19. The normalized spacial score (nSPS) is 12.4. The van der Waals surface area contributed by atoms with Gasteiger partial charge >= 0.3 is 0 Å². The van der Waals surface area contributed by atoms with E-state index in [2.05, 4.69) is 4.98 Å². The monoisotopic (exact) mass is 228 g/mol. The molecule has 3 heteroatoms. The van der Waals surface area contributed by atoms with Gasteiger partial charge in [-0.05, 0) is 12.5 Å². The quantitative estimate of drug-likeness (QED) is 0.757. The Hall–Kier alpha value is -1.90. The van der Waals surface area contributed by atoms with Crippen LogP contribution in [0.25, 0.3) is 0 Å². The second-order valence-corrected chi connectivity index (χ2v) is 4.28. The van der Waals surface area contributed by atoms with Gasteiger partial charge in [-0.15, -0.1) is 0 Å². The summed E-state index contributed by atoms with van der Waals surface area (Å²) in [6, 6.07) is 9.79. The van der Waals surface area contributed by atoms with E-state index < -0.39 is 0 Å². The van der Waals surface area contributed by atoms with Crippen LogP contribution in [-0.4, -0.2) is 15.3 Å². The third kappa shape index (κ3) is 2.28. The van der Waals surface area contributed by atoms with Gasteiger partial charge in [0, 0.05) is 19.2 Å². The van der Waals surface area contributed by atoms with Gasteiger partial charge in [-0.25, -0.2) is 4.98 Å². The summed E-state index contributed by atoms with van der Waals surface area (Å²) in [4.78, 5) is 16.5. The molecule has 88 valence electrons. The molecule has 2 aromatic rings. The highest BCUT2D eigenvalue weighted by atomic mass is 16.1. The fourth-order valence-electron chi connectivity index (χ4n) is 1.79. The predicted molar refractivity (Wildman–Crippen MR) is 67.1 cm³/mol. The van der Waals surface area contributed by atoms with Crippen molar-refractivity contribution in [2.75, 3.05) is 0 Å². The first-order valence-electron chi connectivity index (χ1n) is 5.68. The minimum Gasteiger partial charge on any atom is -0.337 e. The first-order chi connectivity index (χ1) is 8.09. The summed E-state index contributed by atoms with van der Waals surface area (Å²) < 4.78 is 1.87. The van der Waals surface area contributed by atoms with Crippen molar-refractivity contribution in [1.29, 1.82) is 0 Å². The number of rotatable bonds is 3. The Kier molecular flexibility index (Phi) is 3.09. The van der Waals surface area contributed by atoms with Gasteiger partial charge in [0.1, 0.15) is 11.5 Å². The Morgan fingerprint density at radius 2 is 1.94 bits per heavy atom. The van der Waals surface area contributed by atoms with Crippen molar-refractivity contribution in [3.63, 3.8) is 0 Å². The van der Waals surface area contributed by atoms with E-state index in [-0.39, 0.29) is 11.7 Å². The van der Waals surface area contributed by atoms with E-state index in [0.717, 1.165) is 11.4 Å². The van der Waals surface area contributed by atoms with Gasteiger partial charge in [0.05, 0.1) is 0 Å². The van der Waals surface area contributed by atoms with Crippen LogP contribution >= 0.6 is 0 Å². The molecule has 0 saturated heterocycles. The molecule has 0 saturated carbocycles. The van der Waals surface area contributed by atoms with Crippen LogP contribution < -0.4 is 0 Å². The number of benzene rings is 1. The lowest BCUT2D eigenvalue weighted by molar-refractivity contribution is 0.0961. The molecule has 0 aliphatic carbocycles. The standard InChI is InChI=1S/C14H16N2O/c1-10(12-7-5-4-6-8-12)14(17)13-9-16(3)11(2)15-13/h4-10H,1-3H3. The molecular weight excluding hydrogens is 212 g/mol. The number of imidazole rings is 1. The number of hydrogen-bond acceptors (Lipinski definition) is 2. The Labute approximate surface area is 101 Å². The molecule has 0 amide bonds. The molecule has 17 heavy (non-hydrogen) atoms. The second-order valence-electron chi connectivity index (χ2n) is 4.28. The average molecular weight is 228 g/mol. The molecule has 1 aromatic heterocycles. The Balaban J connectivity index is 2.26. The smallest absolute Gasteiger partial charge is 0.189 e. The molecule has 0 fully saturated rings. The molecule has 0 aliphatic rings. The topological polar surface area (TPSA) is 34.9 Å². The summed E-state index contributed by atoms with van der Waals surface area (Å²) in [5, 5.41) is 0. The number of carbonyl (C=O) groups excluding carboxylic acids is 1. The Morgan fingerprint density at radius 3 is 2.47 bits per heavy atom. The molecule has 1 aromatic carbocycles. The Morgan fingerprint density at radius 1 is 1.29 bits per heavy atom. The number of carbonyl (C=O) groups is 1. The highest BCUT2D eigenvalue weighted by molar-refractivity contribution is 5.99. The fourth-order valence-corrected chi connectivity index (χ4v) is 1.79. The van der Waals surface area contributed by atoms with Gasteiger partial charge in [-0.1, -0.05) is 37.3 Å². The highest BCUT2D eigenvalue weighted by Crippen LogP contribution is 2.19. The molecule has 1 unspecified atom stereocenters. The second kappa shape index (κ2) is 4.53. The summed E-state index contributed by atoms with van der Waals surface area (Å²) in [5.74, 6) is 0.777. The Bertz CT molecular complexity index is 509. The van der Waals surface area contributed by atoms with Gasteiger partial charge < -0.3 is 4.57 Å². The summed E-state index contributed by atoms with van der Waals surface area (Å²) in [5.41, 5.74) is 1.57. The lowest BCUT2D eigenvalue weighted by atomic mass is 9.95. The fraction of sp³-hybridized carbons (Fsp3) is 0.286. The van der Waals surface area contributed by atoms with Crippen LogP contribution in [0.15, 0.2) is 36.5 Å². The van der Waals surface area contributed by atoms with Crippen LogP contribution in [0.1, 0.15) is 34.7 Å². The number of aryl methyl sites for hydroxylation is 2. The van der Waals surface area contributed by atoms with Gasteiger partial charge in [0.15, 0.2) is 5.78 Å². The first-order valence-corrected chi connectivity index (χ1v) is 5.68. The van der Waals surface area contributed by atoms with Crippen LogP contribution in [0.3, 0.4) is 0 Å². The molecule has 0 aliphatic heterocycles. The lowest BCUT2D eigenvalue weighted by Crippen LogP contribution is -2.10.